The number of hydrogen-bond acceptors (Lipinski definition) is 1. The van der Waals surface area contributed by atoms with Crippen LogP contribution < -0.4 is 4.57 Å². The van der Waals surface area contributed by atoms with Crippen LogP contribution in [-0.4, -0.2) is 4.98 Å². The Kier molecular flexibility index (Phi) is 3.25. The zero-order valence-electron chi connectivity index (χ0n) is 13.1. The fourth-order valence-corrected chi connectivity index (χ4v) is 2.55. The summed E-state index contributed by atoms with van der Waals surface area (Å²) in [7, 11) is 2.07. The van der Waals surface area contributed by atoms with Crippen LogP contribution in [0.5, 0.6) is 0 Å². The van der Waals surface area contributed by atoms with E-state index in [0.717, 1.165) is 22.3 Å². The molecule has 106 valence electrons. The number of aromatic nitrogens is 2. The van der Waals surface area contributed by atoms with E-state index < -0.39 is 0 Å². The quantitative estimate of drug-likeness (QED) is 0.614. The lowest BCUT2D eigenvalue weighted by molar-refractivity contribution is -0.644. The van der Waals surface area contributed by atoms with Crippen molar-refractivity contribution in [3.05, 3.63) is 60.3 Å². The lowest BCUT2D eigenvalue weighted by Gasteiger charge is -2.18. The standard InChI is InChI=1S/C19H21N2/c1-19(2,3)15-11-9-14(10-12-15)17-13-21(4)18-8-6-5-7-16(18)20-17/h5-13H,1-4H3/q+1. The van der Waals surface area contributed by atoms with Gasteiger partial charge in [0.2, 0.25) is 5.52 Å². The molecule has 0 radical (unpaired) electrons. The molecule has 0 aliphatic carbocycles. The van der Waals surface area contributed by atoms with Gasteiger partial charge >= 0.3 is 0 Å². The molecule has 2 heteroatoms. The summed E-state index contributed by atoms with van der Waals surface area (Å²) in [5.41, 5.74) is 5.86. The molecule has 0 aliphatic heterocycles. The monoisotopic (exact) mass is 277 g/mol. The molecule has 0 saturated carbocycles. The van der Waals surface area contributed by atoms with Crippen LogP contribution >= 0.6 is 0 Å². The molecule has 3 aromatic rings. The number of hydrogen-bond donors (Lipinski definition) is 0. The highest BCUT2D eigenvalue weighted by molar-refractivity contribution is 5.73. The molecular weight excluding hydrogens is 256 g/mol. The zero-order valence-corrected chi connectivity index (χ0v) is 13.1. The lowest BCUT2D eigenvalue weighted by atomic mass is 9.86. The van der Waals surface area contributed by atoms with Crippen LogP contribution in [0, 0.1) is 0 Å². The third-order valence-corrected chi connectivity index (χ3v) is 3.87. The first-order valence-corrected chi connectivity index (χ1v) is 7.31. The topological polar surface area (TPSA) is 16.8 Å². The van der Waals surface area contributed by atoms with Gasteiger partial charge in [-0.15, -0.1) is 0 Å². The number of fused-ring (bicyclic) bond motifs is 1. The molecule has 2 nitrogen and oxygen atoms in total. The summed E-state index contributed by atoms with van der Waals surface area (Å²) in [4.78, 5) is 4.78. The molecule has 0 N–H and O–H groups in total. The van der Waals surface area contributed by atoms with Crippen molar-refractivity contribution in [3.63, 3.8) is 0 Å². The van der Waals surface area contributed by atoms with Crippen molar-refractivity contribution in [2.45, 2.75) is 26.2 Å². The van der Waals surface area contributed by atoms with Crippen molar-refractivity contribution in [1.82, 2.24) is 4.98 Å². The Hall–Kier alpha value is -2.22. The minimum absolute atomic E-state index is 0.181. The van der Waals surface area contributed by atoms with E-state index in [0.29, 0.717) is 0 Å². The Morgan fingerprint density at radius 3 is 2.24 bits per heavy atom. The fraction of sp³-hybridized carbons (Fsp3) is 0.263. The van der Waals surface area contributed by atoms with Crippen LogP contribution in [0.15, 0.2) is 54.7 Å². The van der Waals surface area contributed by atoms with E-state index in [1.807, 2.05) is 12.1 Å². The summed E-state index contributed by atoms with van der Waals surface area (Å²) >= 11 is 0. The average molecular weight is 277 g/mol. The first kappa shape index (κ1) is 13.7. The largest absolute Gasteiger partial charge is 0.235 e. The Bertz CT molecular complexity index is 781. The van der Waals surface area contributed by atoms with Crippen LogP contribution in [0.2, 0.25) is 0 Å². The summed E-state index contributed by atoms with van der Waals surface area (Å²) in [5.74, 6) is 0. The van der Waals surface area contributed by atoms with Crippen molar-refractivity contribution in [2.24, 2.45) is 7.05 Å². The molecule has 21 heavy (non-hydrogen) atoms. The van der Waals surface area contributed by atoms with Crippen molar-refractivity contribution in [2.75, 3.05) is 0 Å². The van der Waals surface area contributed by atoms with E-state index in [-0.39, 0.29) is 5.41 Å². The highest BCUT2D eigenvalue weighted by Gasteiger charge is 2.15. The molecule has 1 aromatic heterocycles. The summed E-state index contributed by atoms with van der Waals surface area (Å²) < 4.78 is 2.13. The van der Waals surface area contributed by atoms with Crippen molar-refractivity contribution in [3.8, 4) is 11.3 Å². The number of nitrogens with zero attached hydrogens (tertiary/aromatic N) is 2. The summed E-state index contributed by atoms with van der Waals surface area (Å²) in [6.07, 6.45) is 2.09. The zero-order chi connectivity index (χ0) is 15.0. The van der Waals surface area contributed by atoms with E-state index in [1.165, 1.54) is 5.56 Å². The number of rotatable bonds is 1. The van der Waals surface area contributed by atoms with Gasteiger partial charge in [0.15, 0.2) is 6.20 Å². The van der Waals surface area contributed by atoms with Gasteiger partial charge in [0.25, 0.3) is 0 Å². The van der Waals surface area contributed by atoms with Gasteiger partial charge in [-0.3, -0.25) is 0 Å². The van der Waals surface area contributed by atoms with Crippen LogP contribution in [0.3, 0.4) is 0 Å². The molecule has 0 saturated heterocycles. The molecule has 3 rings (SSSR count). The van der Waals surface area contributed by atoms with E-state index in [2.05, 4.69) is 75.0 Å². The second-order valence-electron chi connectivity index (χ2n) is 6.55. The summed E-state index contributed by atoms with van der Waals surface area (Å²) in [5, 5.41) is 0. The molecule has 0 unspecified atom stereocenters. The van der Waals surface area contributed by atoms with E-state index in [4.69, 9.17) is 4.98 Å². The van der Waals surface area contributed by atoms with Crippen molar-refractivity contribution in [1.29, 1.82) is 0 Å². The van der Waals surface area contributed by atoms with Gasteiger partial charge in [-0.25, -0.2) is 4.98 Å². The maximum absolute atomic E-state index is 4.78. The Balaban J connectivity index is 2.08. The van der Waals surface area contributed by atoms with Gasteiger partial charge in [-0.05, 0) is 17.0 Å². The number of benzene rings is 2. The second-order valence-corrected chi connectivity index (χ2v) is 6.55. The van der Waals surface area contributed by atoms with Crippen LogP contribution in [0.1, 0.15) is 26.3 Å². The average Bonchev–Trinajstić information content (AvgIpc) is 2.46. The van der Waals surface area contributed by atoms with Gasteiger partial charge in [-0.1, -0.05) is 57.2 Å². The molecule has 0 bridgehead atoms. The molecule has 0 spiro atoms. The fourth-order valence-electron chi connectivity index (χ4n) is 2.55. The Morgan fingerprint density at radius 1 is 0.905 bits per heavy atom. The predicted molar refractivity (Wildman–Crippen MR) is 87.1 cm³/mol. The van der Waals surface area contributed by atoms with Crippen molar-refractivity contribution >= 4 is 11.0 Å². The van der Waals surface area contributed by atoms with E-state index >= 15 is 0 Å². The maximum atomic E-state index is 4.78. The van der Waals surface area contributed by atoms with Crippen molar-refractivity contribution < 1.29 is 4.57 Å². The van der Waals surface area contributed by atoms with Crippen LogP contribution in [-0.2, 0) is 12.5 Å². The molecule has 0 atom stereocenters. The van der Waals surface area contributed by atoms with Gasteiger partial charge in [0.05, 0.1) is 0 Å². The Morgan fingerprint density at radius 2 is 1.57 bits per heavy atom. The lowest BCUT2D eigenvalue weighted by Crippen LogP contribution is -2.29. The predicted octanol–water partition coefficient (Wildman–Crippen LogP) is 4.02. The SMILES string of the molecule is C[n+]1cc(-c2ccc(C(C)(C)C)cc2)nc2ccccc21. The third-order valence-electron chi connectivity index (χ3n) is 3.87. The first-order valence-electron chi connectivity index (χ1n) is 7.31. The van der Waals surface area contributed by atoms with E-state index in [1.54, 1.807) is 0 Å². The molecule has 1 heterocycles. The molecule has 0 aliphatic rings. The number of aryl methyl sites for hydroxylation is 1. The van der Waals surface area contributed by atoms with Gasteiger partial charge in [0.1, 0.15) is 18.3 Å². The Labute approximate surface area is 126 Å². The van der Waals surface area contributed by atoms with Gasteiger partial charge in [0, 0.05) is 11.6 Å². The molecule has 2 aromatic carbocycles. The maximum Gasteiger partial charge on any atom is 0.230 e. The first-order chi connectivity index (χ1) is 9.95. The number of para-hydroxylation sites is 2. The second kappa shape index (κ2) is 4.96. The highest BCUT2D eigenvalue weighted by Crippen LogP contribution is 2.25. The van der Waals surface area contributed by atoms with Gasteiger partial charge in [-0.2, -0.15) is 4.57 Å². The van der Waals surface area contributed by atoms with Gasteiger partial charge < -0.3 is 0 Å². The summed E-state index contributed by atoms with van der Waals surface area (Å²) in [6.45, 7) is 6.70. The van der Waals surface area contributed by atoms with Crippen LogP contribution in [0.4, 0.5) is 0 Å². The normalized spacial score (nSPS) is 11.8. The third kappa shape index (κ3) is 2.66. The highest BCUT2D eigenvalue weighted by atomic mass is 14.9. The molecule has 0 amide bonds. The van der Waals surface area contributed by atoms with Crippen LogP contribution in [0.25, 0.3) is 22.3 Å². The smallest absolute Gasteiger partial charge is 0.230 e. The molecule has 0 fully saturated rings. The van der Waals surface area contributed by atoms with E-state index in [9.17, 15) is 0 Å². The minimum Gasteiger partial charge on any atom is -0.235 e. The molecular formula is C19H21N2+. The summed E-state index contributed by atoms with van der Waals surface area (Å²) in [6, 6.07) is 17.0. The minimum atomic E-state index is 0.181.